The summed E-state index contributed by atoms with van der Waals surface area (Å²) in [5, 5.41) is 0.901. The topological polar surface area (TPSA) is 38.4 Å². The first kappa shape index (κ1) is 27.3. The number of nitrogens with two attached hydrogens (primary N) is 1. The zero-order chi connectivity index (χ0) is 26.1. The molecule has 2 N–H and O–H groups in total. The minimum Gasteiger partial charge on any atom is -0.397 e. The maximum absolute atomic E-state index is 13.9. The Bertz CT molecular complexity index is 1230. The molecule has 0 aromatic carbocycles. The Morgan fingerprint density at radius 1 is 1.22 bits per heavy atom. The second-order valence-corrected chi connectivity index (χ2v) is 9.83. The lowest BCUT2D eigenvalue weighted by atomic mass is 9.91. The third kappa shape index (κ3) is 6.88. The van der Waals surface area contributed by atoms with Crippen molar-refractivity contribution in [1.82, 2.24) is 0 Å². The van der Waals surface area contributed by atoms with E-state index >= 15 is 0 Å². The fourth-order valence-corrected chi connectivity index (χ4v) is 5.31. The van der Waals surface area contributed by atoms with Crippen LogP contribution in [0.2, 0.25) is 0 Å². The Labute approximate surface area is 217 Å². The van der Waals surface area contributed by atoms with E-state index in [1.807, 2.05) is 31.2 Å². The Kier molecular flexibility index (Phi) is 9.95. The van der Waals surface area contributed by atoms with Crippen LogP contribution in [0.1, 0.15) is 49.5 Å². The molecule has 0 saturated heterocycles. The van der Waals surface area contributed by atoms with Gasteiger partial charge in [0.2, 0.25) is 0 Å². The smallest absolute Gasteiger partial charge is 0.155 e. The van der Waals surface area contributed by atoms with Gasteiger partial charge in [0.1, 0.15) is 5.00 Å². The maximum atomic E-state index is 13.9. The van der Waals surface area contributed by atoms with Gasteiger partial charge in [0, 0.05) is 5.56 Å². The molecule has 2 nitrogen and oxygen atoms in total. The summed E-state index contributed by atoms with van der Waals surface area (Å²) in [5.74, 6) is -1.76. The first-order valence-electron chi connectivity index (χ1n) is 12.2. The van der Waals surface area contributed by atoms with E-state index in [-0.39, 0.29) is 5.92 Å². The highest BCUT2D eigenvalue weighted by molar-refractivity contribution is 7.17. The Balaban J connectivity index is 1.80. The van der Waals surface area contributed by atoms with Gasteiger partial charge >= 0.3 is 0 Å². The monoisotopic (exact) mass is 504 g/mol. The fourth-order valence-electron chi connectivity index (χ4n) is 4.17. The second-order valence-electron chi connectivity index (χ2n) is 8.83. The van der Waals surface area contributed by atoms with E-state index in [0.29, 0.717) is 25.7 Å². The first-order valence-corrected chi connectivity index (χ1v) is 13.0. The highest BCUT2D eigenvalue weighted by Gasteiger charge is 2.20. The zero-order valence-corrected chi connectivity index (χ0v) is 21.7. The molecule has 0 fully saturated rings. The van der Waals surface area contributed by atoms with Gasteiger partial charge in [0.25, 0.3) is 0 Å². The molecule has 2 aliphatic rings. The van der Waals surface area contributed by atoms with Crippen LogP contribution in [0, 0.1) is 5.92 Å². The SMILES string of the molecule is C=CC=C(CC=CCC=C)C1=Nc2sc(C(=C)CCC3=CCC=C(F)C(F)=CC3C)c(N)c2CC=C1. The van der Waals surface area contributed by atoms with E-state index in [4.69, 9.17) is 10.7 Å². The van der Waals surface area contributed by atoms with Crippen molar-refractivity contribution >= 4 is 33.3 Å². The number of thiophene rings is 1. The van der Waals surface area contributed by atoms with Crippen LogP contribution in [0.25, 0.3) is 5.57 Å². The largest absolute Gasteiger partial charge is 0.397 e. The molecule has 188 valence electrons. The second kappa shape index (κ2) is 13.1. The first-order chi connectivity index (χ1) is 17.3. The molecular weight excluding hydrogens is 470 g/mol. The minimum absolute atomic E-state index is 0.178. The molecule has 0 radical (unpaired) electrons. The molecule has 5 heteroatoms. The third-order valence-electron chi connectivity index (χ3n) is 6.22. The van der Waals surface area contributed by atoms with Crippen molar-refractivity contribution in [2.75, 3.05) is 5.73 Å². The van der Waals surface area contributed by atoms with Crippen molar-refractivity contribution < 1.29 is 8.78 Å². The van der Waals surface area contributed by atoms with E-state index in [1.165, 1.54) is 12.2 Å². The number of anilines is 1. The summed E-state index contributed by atoms with van der Waals surface area (Å²) in [4.78, 5) is 5.92. The number of hydrogen-bond donors (Lipinski definition) is 1. The zero-order valence-electron chi connectivity index (χ0n) is 20.9. The number of aliphatic imine (C=N–C) groups is 1. The number of allylic oxidation sites excluding steroid dienone is 15. The van der Waals surface area contributed by atoms with E-state index < -0.39 is 11.7 Å². The van der Waals surface area contributed by atoms with Crippen molar-refractivity contribution in [3.05, 3.63) is 114 Å². The normalized spacial score (nSPS) is 18.3. The van der Waals surface area contributed by atoms with Crippen LogP contribution in [0.5, 0.6) is 0 Å². The van der Waals surface area contributed by atoms with E-state index in [1.54, 1.807) is 17.4 Å². The fraction of sp³-hybridized carbons (Fsp3) is 0.258. The average molecular weight is 505 g/mol. The molecule has 0 spiro atoms. The van der Waals surface area contributed by atoms with Crippen molar-refractivity contribution in [2.24, 2.45) is 10.9 Å². The number of fused-ring (bicyclic) bond motifs is 1. The molecule has 1 atom stereocenters. The Morgan fingerprint density at radius 3 is 2.78 bits per heavy atom. The summed E-state index contributed by atoms with van der Waals surface area (Å²) in [7, 11) is 0. The number of nitrogen functional groups attached to an aromatic ring is 1. The molecule has 0 amide bonds. The third-order valence-corrected chi connectivity index (χ3v) is 7.47. The van der Waals surface area contributed by atoms with Crippen LogP contribution in [0.15, 0.2) is 108 Å². The van der Waals surface area contributed by atoms with Gasteiger partial charge in [-0.3, -0.25) is 0 Å². The lowest BCUT2D eigenvalue weighted by Gasteiger charge is -2.15. The predicted molar refractivity (Wildman–Crippen MR) is 154 cm³/mol. The predicted octanol–water partition coefficient (Wildman–Crippen LogP) is 9.62. The van der Waals surface area contributed by atoms with Crippen LogP contribution >= 0.6 is 11.3 Å². The summed E-state index contributed by atoms with van der Waals surface area (Å²) in [6, 6.07) is 0. The summed E-state index contributed by atoms with van der Waals surface area (Å²) in [6.45, 7) is 13.8. The van der Waals surface area contributed by atoms with Gasteiger partial charge in [-0.2, -0.15) is 0 Å². The number of hydrogen-bond acceptors (Lipinski definition) is 3. The molecule has 0 saturated carbocycles. The van der Waals surface area contributed by atoms with Gasteiger partial charge in [-0.25, -0.2) is 13.8 Å². The summed E-state index contributed by atoms with van der Waals surface area (Å²) in [5.41, 5.74) is 12.3. The van der Waals surface area contributed by atoms with E-state index in [0.717, 1.165) is 56.4 Å². The summed E-state index contributed by atoms with van der Waals surface area (Å²) >= 11 is 1.56. The molecule has 3 rings (SSSR count). The van der Waals surface area contributed by atoms with Crippen molar-refractivity contribution in [3.8, 4) is 0 Å². The molecule has 0 bridgehead atoms. The molecule has 1 unspecified atom stereocenters. The van der Waals surface area contributed by atoms with Crippen molar-refractivity contribution in [2.45, 2.75) is 45.4 Å². The summed E-state index contributed by atoms with van der Waals surface area (Å²) < 4.78 is 27.5. The number of rotatable bonds is 10. The molecular formula is C31H34F2N2S. The molecule has 1 aromatic rings. The molecule has 1 aromatic heterocycles. The Hall–Kier alpha value is -3.31. The molecule has 1 aliphatic carbocycles. The Morgan fingerprint density at radius 2 is 2.03 bits per heavy atom. The van der Waals surface area contributed by atoms with Crippen LogP contribution in [0.3, 0.4) is 0 Å². The van der Waals surface area contributed by atoms with Gasteiger partial charge < -0.3 is 5.73 Å². The number of nitrogens with zero attached hydrogens (tertiary/aromatic N) is 1. The highest BCUT2D eigenvalue weighted by atomic mass is 32.1. The van der Waals surface area contributed by atoms with Crippen LogP contribution in [-0.4, -0.2) is 5.71 Å². The van der Waals surface area contributed by atoms with E-state index in [9.17, 15) is 8.78 Å². The maximum Gasteiger partial charge on any atom is 0.155 e. The van der Waals surface area contributed by atoms with Gasteiger partial charge in [-0.05, 0) is 73.8 Å². The number of halogens is 2. The molecule has 36 heavy (non-hydrogen) atoms. The summed E-state index contributed by atoms with van der Waals surface area (Å²) in [6.07, 6.45) is 22.6. The van der Waals surface area contributed by atoms with Gasteiger partial charge in [0.15, 0.2) is 11.7 Å². The van der Waals surface area contributed by atoms with Crippen LogP contribution in [-0.2, 0) is 6.42 Å². The molecule has 1 aliphatic heterocycles. The lowest BCUT2D eigenvalue weighted by molar-refractivity contribution is 0.531. The van der Waals surface area contributed by atoms with Crippen molar-refractivity contribution in [3.63, 3.8) is 0 Å². The van der Waals surface area contributed by atoms with Gasteiger partial charge in [-0.1, -0.05) is 68.2 Å². The van der Waals surface area contributed by atoms with E-state index in [2.05, 4.69) is 38.0 Å². The molecule has 2 heterocycles. The van der Waals surface area contributed by atoms with Crippen LogP contribution in [0.4, 0.5) is 19.5 Å². The standard InChI is InChI=1S/C31H34F2N2S/c1-5-7-8-9-13-24(12-6-2)28-17-11-15-25-29(34)30(36-31(25)35-28)21(3)18-19-23-14-10-16-26(32)27(33)20-22(23)4/h5-6,8-9,11-12,14,16-17,20,22H,1-3,7,10,13,15,18-19,34H2,4H3. The van der Waals surface area contributed by atoms with Gasteiger partial charge in [0.05, 0.1) is 16.3 Å². The average Bonchev–Trinajstić information content (AvgIpc) is 3.02. The quantitative estimate of drug-likeness (QED) is 0.250. The highest BCUT2D eigenvalue weighted by Crippen LogP contribution is 2.44. The van der Waals surface area contributed by atoms with Crippen LogP contribution < -0.4 is 5.73 Å². The van der Waals surface area contributed by atoms with Crippen molar-refractivity contribution in [1.29, 1.82) is 0 Å². The minimum atomic E-state index is -0.791. The van der Waals surface area contributed by atoms with Gasteiger partial charge in [-0.15, -0.1) is 17.9 Å². The lowest BCUT2D eigenvalue weighted by Crippen LogP contribution is -2.00.